The number of aromatic nitrogens is 3. The van der Waals surface area contributed by atoms with E-state index in [0.717, 1.165) is 41.2 Å². The van der Waals surface area contributed by atoms with Crippen LogP contribution < -0.4 is 10.6 Å². The minimum Gasteiger partial charge on any atom is -0.396 e. The van der Waals surface area contributed by atoms with Gasteiger partial charge in [0, 0.05) is 13.1 Å². The van der Waals surface area contributed by atoms with E-state index in [1.807, 2.05) is 24.4 Å². The van der Waals surface area contributed by atoms with E-state index in [1.165, 1.54) is 6.07 Å². The molecular weight excluding hydrogens is 321 g/mol. The van der Waals surface area contributed by atoms with Gasteiger partial charge in [0.25, 0.3) is 0 Å². The Morgan fingerprint density at radius 1 is 1.12 bits per heavy atom. The van der Waals surface area contributed by atoms with E-state index < -0.39 is 5.82 Å². The molecule has 2 aromatic heterocycles. The van der Waals surface area contributed by atoms with Crippen molar-refractivity contribution in [2.75, 3.05) is 36.9 Å². The van der Waals surface area contributed by atoms with E-state index in [2.05, 4.69) is 21.0 Å². The van der Waals surface area contributed by atoms with E-state index in [-0.39, 0.29) is 5.69 Å². The second kappa shape index (κ2) is 6.00. The lowest BCUT2D eigenvalue weighted by Crippen LogP contribution is -2.37. The third-order valence-electron chi connectivity index (χ3n) is 4.51. The quantitative estimate of drug-likeness (QED) is 0.726. The molecule has 130 valence electrons. The molecular formula is C18H20FN5O. The zero-order valence-electron chi connectivity index (χ0n) is 14.3. The first-order chi connectivity index (χ1) is 12.0. The van der Waals surface area contributed by atoms with Gasteiger partial charge in [-0.05, 0) is 54.8 Å². The maximum Gasteiger partial charge on any atom is 0.158 e. The van der Waals surface area contributed by atoms with Gasteiger partial charge in [-0.3, -0.25) is 0 Å². The lowest BCUT2D eigenvalue weighted by atomic mass is 10.00. The number of morpholine rings is 1. The van der Waals surface area contributed by atoms with Gasteiger partial charge in [-0.1, -0.05) is 0 Å². The topological polar surface area (TPSA) is 68.7 Å². The van der Waals surface area contributed by atoms with Crippen LogP contribution in [-0.2, 0) is 4.74 Å². The number of ether oxygens (including phenoxy) is 1. The largest absolute Gasteiger partial charge is 0.396 e. The second-order valence-corrected chi connectivity index (χ2v) is 6.32. The molecule has 7 heteroatoms. The van der Waals surface area contributed by atoms with Crippen molar-refractivity contribution in [3.05, 3.63) is 41.5 Å². The Bertz CT molecular complexity index is 946. The lowest BCUT2D eigenvalue weighted by molar-refractivity contribution is 0.122. The van der Waals surface area contributed by atoms with E-state index in [9.17, 15) is 4.39 Å². The van der Waals surface area contributed by atoms with Crippen LogP contribution in [0, 0.1) is 19.7 Å². The number of rotatable bonds is 2. The number of fused-ring (bicyclic) bond motifs is 1. The first-order valence-electron chi connectivity index (χ1n) is 8.29. The van der Waals surface area contributed by atoms with Crippen LogP contribution >= 0.6 is 0 Å². The molecule has 1 aliphatic rings. The molecule has 4 rings (SSSR count). The van der Waals surface area contributed by atoms with E-state index >= 15 is 0 Å². The molecule has 1 aliphatic heterocycles. The van der Waals surface area contributed by atoms with Crippen LogP contribution in [0.5, 0.6) is 0 Å². The molecule has 1 fully saturated rings. The van der Waals surface area contributed by atoms with Crippen LogP contribution in [-0.4, -0.2) is 40.9 Å². The molecule has 0 saturated carbocycles. The molecule has 0 spiro atoms. The number of nitrogen functional groups attached to an aromatic ring is 1. The van der Waals surface area contributed by atoms with Gasteiger partial charge in [0.2, 0.25) is 0 Å². The minimum absolute atomic E-state index is 0.144. The number of anilines is 2. The van der Waals surface area contributed by atoms with Gasteiger partial charge in [0.1, 0.15) is 17.5 Å². The number of benzene rings is 1. The molecule has 0 bridgehead atoms. The number of hydrogen-bond donors (Lipinski definition) is 1. The molecule has 0 radical (unpaired) electrons. The van der Waals surface area contributed by atoms with Crippen LogP contribution in [0.1, 0.15) is 11.4 Å². The Balaban J connectivity index is 1.92. The third-order valence-corrected chi connectivity index (χ3v) is 4.51. The van der Waals surface area contributed by atoms with Crippen LogP contribution in [0.2, 0.25) is 0 Å². The summed E-state index contributed by atoms with van der Waals surface area (Å²) in [4.78, 5) is 6.75. The van der Waals surface area contributed by atoms with Crippen molar-refractivity contribution in [3.63, 3.8) is 0 Å². The van der Waals surface area contributed by atoms with Crippen molar-refractivity contribution in [2.45, 2.75) is 13.8 Å². The summed E-state index contributed by atoms with van der Waals surface area (Å²) >= 11 is 0. The highest BCUT2D eigenvalue weighted by molar-refractivity contribution is 5.76. The highest BCUT2D eigenvalue weighted by Crippen LogP contribution is 2.31. The van der Waals surface area contributed by atoms with Crippen molar-refractivity contribution in [1.29, 1.82) is 0 Å². The Morgan fingerprint density at radius 2 is 1.88 bits per heavy atom. The number of halogens is 1. The molecule has 0 atom stereocenters. The van der Waals surface area contributed by atoms with Crippen LogP contribution in [0.15, 0.2) is 24.3 Å². The summed E-state index contributed by atoms with van der Waals surface area (Å²) in [6, 6.07) is 7.18. The van der Waals surface area contributed by atoms with Crippen molar-refractivity contribution >= 4 is 17.2 Å². The maximum absolute atomic E-state index is 13.7. The molecule has 0 aliphatic carbocycles. The standard InChI is InChI=1S/C18H20FN5O/c1-11-7-15(19)16(20)10-14(11)13-8-17-21-12(2)22-24(17)18(9-13)23-3-5-25-6-4-23/h7-10H,3-6,20H2,1-2H3. The van der Waals surface area contributed by atoms with Gasteiger partial charge in [0.05, 0.1) is 18.9 Å². The van der Waals surface area contributed by atoms with Gasteiger partial charge in [-0.15, -0.1) is 5.10 Å². The zero-order chi connectivity index (χ0) is 17.6. The normalized spacial score (nSPS) is 15.1. The summed E-state index contributed by atoms with van der Waals surface area (Å²) in [5, 5.41) is 4.52. The molecule has 0 unspecified atom stereocenters. The smallest absolute Gasteiger partial charge is 0.158 e. The fourth-order valence-electron chi connectivity index (χ4n) is 3.25. The van der Waals surface area contributed by atoms with Crippen LogP contribution in [0.4, 0.5) is 15.9 Å². The minimum atomic E-state index is -0.394. The molecule has 6 nitrogen and oxygen atoms in total. The van der Waals surface area contributed by atoms with Crippen molar-refractivity contribution in [2.24, 2.45) is 0 Å². The number of nitrogens with two attached hydrogens (primary N) is 1. The molecule has 25 heavy (non-hydrogen) atoms. The second-order valence-electron chi connectivity index (χ2n) is 6.32. The molecule has 3 aromatic rings. The van der Waals surface area contributed by atoms with Crippen molar-refractivity contribution < 1.29 is 9.13 Å². The summed E-state index contributed by atoms with van der Waals surface area (Å²) in [5.74, 6) is 1.27. The van der Waals surface area contributed by atoms with Gasteiger partial charge in [-0.25, -0.2) is 9.37 Å². The fourth-order valence-corrected chi connectivity index (χ4v) is 3.25. The summed E-state index contributed by atoms with van der Waals surface area (Å²) < 4.78 is 21.0. The molecule has 2 N–H and O–H groups in total. The van der Waals surface area contributed by atoms with Crippen molar-refractivity contribution in [3.8, 4) is 11.1 Å². The molecule has 0 amide bonds. The highest BCUT2D eigenvalue weighted by Gasteiger charge is 2.18. The maximum atomic E-state index is 13.7. The Hall–Kier alpha value is -2.67. The number of pyridine rings is 1. The molecule has 3 heterocycles. The first-order valence-corrected chi connectivity index (χ1v) is 8.29. The Labute approximate surface area is 145 Å². The highest BCUT2D eigenvalue weighted by atomic mass is 19.1. The van der Waals surface area contributed by atoms with E-state index in [0.29, 0.717) is 19.0 Å². The Kier molecular flexibility index (Phi) is 3.80. The average molecular weight is 341 g/mol. The zero-order valence-corrected chi connectivity index (χ0v) is 14.3. The molecule has 1 aromatic carbocycles. The number of aryl methyl sites for hydroxylation is 2. The predicted octanol–water partition coefficient (Wildman–Crippen LogP) is 2.57. The van der Waals surface area contributed by atoms with Gasteiger partial charge in [-0.2, -0.15) is 4.52 Å². The Morgan fingerprint density at radius 3 is 2.64 bits per heavy atom. The van der Waals surface area contributed by atoms with Crippen LogP contribution in [0.3, 0.4) is 0 Å². The number of hydrogen-bond acceptors (Lipinski definition) is 5. The summed E-state index contributed by atoms with van der Waals surface area (Å²) in [6.07, 6.45) is 0. The van der Waals surface area contributed by atoms with Crippen molar-refractivity contribution in [1.82, 2.24) is 14.6 Å². The summed E-state index contributed by atoms with van der Waals surface area (Å²) in [6.45, 7) is 6.70. The number of nitrogens with zero attached hydrogens (tertiary/aromatic N) is 4. The van der Waals surface area contributed by atoms with Gasteiger partial charge < -0.3 is 15.4 Å². The summed E-state index contributed by atoms with van der Waals surface area (Å²) in [5.41, 5.74) is 9.38. The SMILES string of the molecule is Cc1nc2cc(-c3cc(N)c(F)cc3C)cc(N3CCOCC3)n2n1. The molecule has 1 saturated heterocycles. The van der Waals surface area contributed by atoms with E-state index in [4.69, 9.17) is 10.5 Å². The fraction of sp³-hybridized carbons (Fsp3) is 0.333. The van der Waals surface area contributed by atoms with Gasteiger partial charge >= 0.3 is 0 Å². The van der Waals surface area contributed by atoms with E-state index in [1.54, 1.807) is 6.07 Å². The van der Waals surface area contributed by atoms with Gasteiger partial charge in [0.15, 0.2) is 5.65 Å². The van der Waals surface area contributed by atoms with Crippen LogP contribution in [0.25, 0.3) is 16.8 Å². The lowest BCUT2D eigenvalue weighted by Gasteiger charge is -2.29. The third kappa shape index (κ3) is 2.80. The summed E-state index contributed by atoms with van der Waals surface area (Å²) in [7, 11) is 0. The predicted molar refractivity (Wildman–Crippen MR) is 95.3 cm³/mol. The first kappa shape index (κ1) is 15.8. The average Bonchev–Trinajstić information content (AvgIpc) is 2.98. The monoisotopic (exact) mass is 341 g/mol.